The highest BCUT2D eigenvalue weighted by molar-refractivity contribution is 9.09. The Bertz CT molecular complexity index is 341. The molecule has 0 heterocycles. The van der Waals surface area contributed by atoms with Crippen LogP contribution in [-0.2, 0) is 0 Å². The number of hydrogen-bond donors (Lipinski definition) is 0. The molecule has 2 unspecified atom stereocenters. The molecule has 0 saturated carbocycles. The molecule has 1 rings (SSSR count). The van der Waals surface area contributed by atoms with Gasteiger partial charge in [-0.05, 0) is 30.0 Å². The Kier molecular flexibility index (Phi) is 5.63. The highest BCUT2D eigenvalue weighted by Crippen LogP contribution is 2.38. The summed E-state index contributed by atoms with van der Waals surface area (Å²) in [6.45, 7) is 4.44. The van der Waals surface area contributed by atoms with Gasteiger partial charge < -0.3 is 4.74 Å². The van der Waals surface area contributed by atoms with Gasteiger partial charge in [-0.2, -0.15) is 0 Å². The van der Waals surface area contributed by atoms with Gasteiger partial charge in [0.05, 0.1) is 7.11 Å². The maximum absolute atomic E-state index is 6.24. The van der Waals surface area contributed by atoms with Crippen LogP contribution in [0.3, 0.4) is 0 Å². The van der Waals surface area contributed by atoms with Crippen LogP contribution in [0.25, 0.3) is 0 Å². The average Bonchev–Trinajstić information content (AvgIpc) is 2.28. The normalized spacial score (nSPS) is 14.6. The number of hydrogen-bond acceptors (Lipinski definition) is 1. The molecule has 0 aliphatic heterocycles. The summed E-state index contributed by atoms with van der Waals surface area (Å²) < 4.78 is 5.14. The zero-order valence-corrected chi connectivity index (χ0v) is 12.3. The number of ether oxygens (including phenoxy) is 1. The molecule has 1 aromatic carbocycles. The summed E-state index contributed by atoms with van der Waals surface area (Å²) in [6, 6.07) is 5.85. The van der Waals surface area contributed by atoms with Crippen LogP contribution in [0.1, 0.15) is 37.1 Å². The van der Waals surface area contributed by atoms with Gasteiger partial charge in [0.15, 0.2) is 0 Å². The molecule has 0 spiro atoms. The fourth-order valence-electron chi connectivity index (χ4n) is 1.77. The highest BCUT2D eigenvalue weighted by Gasteiger charge is 2.18. The minimum atomic E-state index is 0.311. The molecule has 0 fully saturated rings. The molecule has 0 radical (unpaired) electrons. The van der Waals surface area contributed by atoms with Crippen LogP contribution in [0.4, 0.5) is 0 Å². The van der Waals surface area contributed by atoms with Crippen molar-refractivity contribution in [3.8, 4) is 5.75 Å². The van der Waals surface area contributed by atoms with E-state index in [1.54, 1.807) is 7.11 Å². The summed E-state index contributed by atoms with van der Waals surface area (Å²) in [5.41, 5.74) is 1.14. The molecule has 3 heteroatoms. The van der Waals surface area contributed by atoms with E-state index >= 15 is 0 Å². The maximum Gasteiger partial charge on any atom is 0.120 e. The zero-order chi connectivity index (χ0) is 12.1. The first-order chi connectivity index (χ1) is 7.60. The van der Waals surface area contributed by atoms with Crippen LogP contribution >= 0.6 is 27.5 Å². The third-order valence-electron chi connectivity index (χ3n) is 2.75. The molecule has 1 nitrogen and oxygen atoms in total. The smallest absolute Gasteiger partial charge is 0.120 e. The van der Waals surface area contributed by atoms with Gasteiger partial charge in [-0.1, -0.05) is 53.9 Å². The number of methoxy groups -OCH3 is 1. The van der Waals surface area contributed by atoms with E-state index in [2.05, 4.69) is 29.8 Å². The quantitative estimate of drug-likeness (QED) is 0.678. The maximum atomic E-state index is 6.24. The van der Waals surface area contributed by atoms with Gasteiger partial charge in [-0.15, -0.1) is 0 Å². The van der Waals surface area contributed by atoms with Crippen LogP contribution < -0.4 is 4.74 Å². The van der Waals surface area contributed by atoms with Crippen molar-refractivity contribution < 1.29 is 4.74 Å². The fourth-order valence-corrected chi connectivity index (χ4v) is 2.85. The highest BCUT2D eigenvalue weighted by atomic mass is 79.9. The lowest BCUT2D eigenvalue weighted by Crippen LogP contribution is -2.03. The van der Waals surface area contributed by atoms with Crippen molar-refractivity contribution in [3.63, 3.8) is 0 Å². The van der Waals surface area contributed by atoms with Gasteiger partial charge in [-0.3, -0.25) is 0 Å². The van der Waals surface area contributed by atoms with Crippen molar-refractivity contribution in [2.45, 2.75) is 31.5 Å². The Hall–Kier alpha value is -0.210. The molecule has 2 atom stereocenters. The predicted octanol–water partition coefficient (Wildman–Crippen LogP) is 5.22. The van der Waals surface area contributed by atoms with Crippen LogP contribution in [0.15, 0.2) is 18.2 Å². The largest absolute Gasteiger partial charge is 0.497 e. The average molecular weight is 306 g/mol. The first-order valence-electron chi connectivity index (χ1n) is 5.57. The van der Waals surface area contributed by atoms with E-state index in [1.165, 1.54) is 12.8 Å². The van der Waals surface area contributed by atoms with Crippen molar-refractivity contribution in [3.05, 3.63) is 28.8 Å². The fraction of sp³-hybridized carbons (Fsp3) is 0.538. The van der Waals surface area contributed by atoms with Crippen molar-refractivity contribution in [2.75, 3.05) is 7.11 Å². The second-order valence-electron chi connectivity index (χ2n) is 4.06. The standard InChI is InChI=1S/C13H18BrClO/c1-4-5-9(2)13(14)11-7-6-10(16-3)8-12(11)15/h6-9,13H,4-5H2,1-3H3. The zero-order valence-electron chi connectivity index (χ0n) is 9.97. The minimum Gasteiger partial charge on any atom is -0.497 e. The summed E-state index contributed by atoms with van der Waals surface area (Å²) in [4.78, 5) is 0.311. The van der Waals surface area contributed by atoms with Crippen LogP contribution in [0, 0.1) is 5.92 Å². The van der Waals surface area contributed by atoms with E-state index in [9.17, 15) is 0 Å². The molecule has 0 aromatic heterocycles. The lowest BCUT2D eigenvalue weighted by atomic mass is 9.97. The van der Waals surface area contributed by atoms with Gasteiger partial charge in [0.1, 0.15) is 5.75 Å². The number of rotatable bonds is 5. The first-order valence-corrected chi connectivity index (χ1v) is 6.87. The Labute approximate surface area is 111 Å². The van der Waals surface area contributed by atoms with E-state index in [1.807, 2.05) is 18.2 Å². The summed E-state index contributed by atoms with van der Waals surface area (Å²) in [5.74, 6) is 1.38. The summed E-state index contributed by atoms with van der Waals surface area (Å²) in [6.07, 6.45) is 2.38. The molecule has 0 aliphatic rings. The molecular weight excluding hydrogens is 287 g/mol. The molecule has 90 valence electrons. The Balaban J connectivity index is 2.87. The van der Waals surface area contributed by atoms with Crippen molar-refractivity contribution in [1.29, 1.82) is 0 Å². The SMILES string of the molecule is CCCC(C)C(Br)c1ccc(OC)cc1Cl. The Morgan fingerprint density at radius 2 is 2.12 bits per heavy atom. The van der Waals surface area contributed by atoms with E-state index < -0.39 is 0 Å². The number of alkyl halides is 1. The van der Waals surface area contributed by atoms with Gasteiger partial charge in [0, 0.05) is 9.85 Å². The first kappa shape index (κ1) is 13.9. The van der Waals surface area contributed by atoms with E-state index in [0.717, 1.165) is 16.3 Å². The van der Waals surface area contributed by atoms with Gasteiger partial charge >= 0.3 is 0 Å². The minimum absolute atomic E-state index is 0.311. The lowest BCUT2D eigenvalue weighted by Gasteiger charge is -2.19. The second kappa shape index (κ2) is 6.51. The Morgan fingerprint density at radius 3 is 2.62 bits per heavy atom. The number of benzene rings is 1. The Morgan fingerprint density at radius 1 is 1.44 bits per heavy atom. The van der Waals surface area contributed by atoms with E-state index in [-0.39, 0.29) is 0 Å². The third-order valence-corrected chi connectivity index (χ3v) is 4.47. The van der Waals surface area contributed by atoms with Gasteiger partial charge in [0.25, 0.3) is 0 Å². The molecule has 0 N–H and O–H groups in total. The molecule has 1 aromatic rings. The molecule has 0 aliphatic carbocycles. The van der Waals surface area contributed by atoms with Gasteiger partial charge in [0.2, 0.25) is 0 Å². The van der Waals surface area contributed by atoms with E-state index in [0.29, 0.717) is 10.7 Å². The van der Waals surface area contributed by atoms with Crippen LogP contribution in [0.5, 0.6) is 5.75 Å². The molecule has 0 bridgehead atoms. The third kappa shape index (κ3) is 3.39. The molecule has 0 saturated heterocycles. The molecule has 16 heavy (non-hydrogen) atoms. The topological polar surface area (TPSA) is 9.23 Å². The lowest BCUT2D eigenvalue weighted by molar-refractivity contribution is 0.414. The van der Waals surface area contributed by atoms with Crippen molar-refractivity contribution >= 4 is 27.5 Å². The van der Waals surface area contributed by atoms with Crippen molar-refractivity contribution in [2.24, 2.45) is 5.92 Å². The predicted molar refractivity (Wildman–Crippen MR) is 73.7 cm³/mol. The second-order valence-corrected chi connectivity index (χ2v) is 5.45. The summed E-state index contributed by atoms with van der Waals surface area (Å²) >= 11 is 9.96. The van der Waals surface area contributed by atoms with Crippen LogP contribution in [0.2, 0.25) is 5.02 Å². The van der Waals surface area contributed by atoms with Crippen LogP contribution in [-0.4, -0.2) is 7.11 Å². The number of halogens is 2. The van der Waals surface area contributed by atoms with Crippen molar-refractivity contribution in [1.82, 2.24) is 0 Å². The van der Waals surface area contributed by atoms with E-state index in [4.69, 9.17) is 16.3 Å². The molecular formula is C13H18BrClO. The van der Waals surface area contributed by atoms with Gasteiger partial charge in [-0.25, -0.2) is 0 Å². The summed E-state index contributed by atoms with van der Waals surface area (Å²) in [7, 11) is 1.65. The monoisotopic (exact) mass is 304 g/mol. The molecule has 0 amide bonds. The summed E-state index contributed by atoms with van der Waals surface area (Å²) in [5, 5.41) is 0.768.